The molecule has 0 bridgehead atoms. The zero-order chi connectivity index (χ0) is 18.7. The SMILES string of the molecule is Cc1cc(C)c(CS(=O)(=O)Nc2ccccc2-c2ccccc2)c(C)c1. The fraction of sp³-hybridized carbons (Fsp3) is 0.182. The lowest BCUT2D eigenvalue weighted by molar-refractivity contribution is 0.600. The van der Waals surface area contributed by atoms with E-state index in [0.717, 1.165) is 33.4 Å². The average molecular weight is 365 g/mol. The highest BCUT2D eigenvalue weighted by atomic mass is 32.2. The Morgan fingerprint density at radius 1 is 0.808 bits per heavy atom. The third-order valence-corrected chi connectivity index (χ3v) is 5.65. The van der Waals surface area contributed by atoms with Crippen LogP contribution in [0.25, 0.3) is 11.1 Å². The van der Waals surface area contributed by atoms with Crippen molar-refractivity contribution in [2.75, 3.05) is 4.72 Å². The predicted octanol–water partition coefficient (Wildman–Crippen LogP) is 5.22. The summed E-state index contributed by atoms with van der Waals surface area (Å²) in [6.07, 6.45) is 0. The molecule has 0 aliphatic heterocycles. The molecule has 3 aromatic rings. The van der Waals surface area contributed by atoms with Crippen LogP contribution in [0.15, 0.2) is 66.7 Å². The quantitative estimate of drug-likeness (QED) is 0.674. The lowest BCUT2D eigenvalue weighted by Crippen LogP contribution is -2.17. The van der Waals surface area contributed by atoms with E-state index in [1.807, 2.05) is 81.4 Å². The summed E-state index contributed by atoms with van der Waals surface area (Å²) in [6.45, 7) is 5.94. The van der Waals surface area contributed by atoms with Crippen LogP contribution in [0.4, 0.5) is 5.69 Å². The molecule has 0 radical (unpaired) electrons. The molecule has 0 aromatic heterocycles. The van der Waals surface area contributed by atoms with Gasteiger partial charge in [0.2, 0.25) is 10.0 Å². The van der Waals surface area contributed by atoms with E-state index >= 15 is 0 Å². The van der Waals surface area contributed by atoms with E-state index in [9.17, 15) is 8.42 Å². The molecule has 0 unspecified atom stereocenters. The molecule has 0 saturated carbocycles. The molecule has 134 valence electrons. The van der Waals surface area contributed by atoms with Crippen LogP contribution in [-0.4, -0.2) is 8.42 Å². The van der Waals surface area contributed by atoms with Crippen LogP contribution in [0.2, 0.25) is 0 Å². The molecule has 0 saturated heterocycles. The summed E-state index contributed by atoms with van der Waals surface area (Å²) in [7, 11) is -3.53. The van der Waals surface area contributed by atoms with Gasteiger partial charge in [-0.05, 0) is 49.1 Å². The highest BCUT2D eigenvalue weighted by molar-refractivity contribution is 7.91. The topological polar surface area (TPSA) is 46.2 Å². The fourth-order valence-electron chi connectivity index (χ4n) is 3.27. The molecule has 0 spiro atoms. The van der Waals surface area contributed by atoms with Gasteiger partial charge in [0.1, 0.15) is 0 Å². The molecule has 0 aliphatic carbocycles. The van der Waals surface area contributed by atoms with Gasteiger partial charge in [0.25, 0.3) is 0 Å². The van der Waals surface area contributed by atoms with E-state index in [4.69, 9.17) is 0 Å². The van der Waals surface area contributed by atoms with Crippen LogP contribution in [0.3, 0.4) is 0 Å². The molecule has 0 heterocycles. The zero-order valence-electron chi connectivity index (χ0n) is 15.3. The number of para-hydroxylation sites is 1. The zero-order valence-corrected chi connectivity index (χ0v) is 16.1. The minimum absolute atomic E-state index is 0.0337. The highest BCUT2D eigenvalue weighted by Crippen LogP contribution is 2.29. The molecular weight excluding hydrogens is 342 g/mol. The minimum Gasteiger partial charge on any atom is -0.283 e. The largest absolute Gasteiger partial charge is 0.283 e. The van der Waals surface area contributed by atoms with Crippen LogP contribution < -0.4 is 4.72 Å². The van der Waals surface area contributed by atoms with Gasteiger partial charge in [0.05, 0.1) is 11.4 Å². The van der Waals surface area contributed by atoms with Gasteiger partial charge in [-0.25, -0.2) is 8.42 Å². The van der Waals surface area contributed by atoms with Crippen molar-refractivity contribution in [2.24, 2.45) is 0 Å². The average Bonchev–Trinajstić information content (AvgIpc) is 2.59. The number of benzene rings is 3. The smallest absolute Gasteiger partial charge is 0.236 e. The van der Waals surface area contributed by atoms with E-state index in [-0.39, 0.29) is 5.75 Å². The summed E-state index contributed by atoms with van der Waals surface area (Å²) in [5.41, 5.74) is 6.46. The van der Waals surface area contributed by atoms with Crippen molar-refractivity contribution in [3.63, 3.8) is 0 Å². The van der Waals surface area contributed by atoms with Crippen molar-refractivity contribution >= 4 is 15.7 Å². The third kappa shape index (κ3) is 4.14. The second kappa shape index (κ2) is 7.34. The van der Waals surface area contributed by atoms with Gasteiger partial charge in [-0.2, -0.15) is 0 Å². The van der Waals surface area contributed by atoms with Gasteiger partial charge in [-0.1, -0.05) is 66.2 Å². The van der Waals surface area contributed by atoms with Gasteiger partial charge < -0.3 is 0 Å². The lowest BCUT2D eigenvalue weighted by atomic mass is 10.0. The van der Waals surface area contributed by atoms with Crippen LogP contribution in [-0.2, 0) is 15.8 Å². The molecule has 3 nitrogen and oxygen atoms in total. The molecular formula is C22H23NO2S. The summed E-state index contributed by atoms with van der Waals surface area (Å²) in [6, 6.07) is 21.3. The van der Waals surface area contributed by atoms with Gasteiger partial charge in [-0.3, -0.25) is 4.72 Å². The first-order valence-corrected chi connectivity index (χ1v) is 10.2. The summed E-state index contributed by atoms with van der Waals surface area (Å²) in [5.74, 6) is -0.0337. The molecule has 4 heteroatoms. The minimum atomic E-state index is -3.53. The Bertz CT molecular complexity index is 1000. The summed E-state index contributed by atoms with van der Waals surface area (Å²) in [4.78, 5) is 0. The number of nitrogens with one attached hydrogen (secondary N) is 1. The first-order chi connectivity index (χ1) is 12.4. The molecule has 3 rings (SSSR count). The van der Waals surface area contributed by atoms with Crippen molar-refractivity contribution in [1.82, 2.24) is 0 Å². The molecule has 0 aliphatic rings. The van der Waals surface area contributed by atoms with Crippen LogP contribution >= 0.6 is 0 Å². The van der Waals surface area contributed by atoms with Gasteiger partial charge in [-0.15, -0.1) is 0 Å². The maximum atomic E-state index is 12.8. The normalized spacial score (nSPS) is 11.3. The van der Waals surface area contributed by atoms with Crippen LogP contribution in [0, 0.1) is 20.8 Å². The molecule has 1 N–H and O–H groups in total. The van der Waals surface area contributed by atoms with E-state index in [2.05, 4.69) is 4.72 Å². The van der Waals surface area contributed by atoms with Gasteiger partial charge in [0.15, 0.2) is 0 Å². The van der Waals surface area contributed by atoms with Crippen molar-refractivity contribution in [2.45, 2.75) is 26.5 Å². The number of sulfonamides is 1. The van der Waals surface area contributed by atoms with Crippen molar-refractivity contribution < 1.29 is 8.42 Å². The molecule has 3 aromatic carbocycles. The highest BCUT2D eigenvalue weighted by Gasteiger charge is 2.17. The molecule has 0 fully saturated rings. The Morgan fingerprint density at radius 3 is 2.04 bits per heavy atom. The van der Waals surface area contributed by atoms with E-state index in [1.165, 1.54) is 0 Å². The Hall–Kier alpha value is -2.59. The third-order valence-electron chi connectivity index (χ3n) is 4.45. The summed E-state index contributed by atoms with van der Waals surface area (Å²) >= 11 is 0. The van der Waals surface area contributed by atoms with E-state index in [0.29, 0.717) is 5.69 Å². The maximum absolute atomic E-state index is 12.8. The number of rotatable bonds is 5. The Morgan fingerprint density at radius 2 is 1.38 bits per heavy atom. The second-order valence-corrected chi connectivity index (χ2v) is 8.37. The number of aryl methyl sites for hydroxylation is 3. The Labute approximate surface area is 155 Å². The standard InChI is InChI=1S/C22H23NO2S/c1-16-13-17(2)21(18(3)14-16)15-26(24,25)23-22-12-8-7-11-20(22)19-9-5-4-6-10-19/h4-14,23H,15H2,1-3H3. The van der Waals surface area contributed by atoms with E-state index < -0.39 is 10.0 Å². The molecule has 26 heavy (non-hydrogen) atoms. The second-order valence-electron chi connectivity index (χ2n) is 6.65. The fourth-order valence-corrected chi connectivity index (χ4v) is 4.69. The number of hydrogen-bond donors (Lipinski definition) is 1. The van der Waals surface area contributed by atoms with Crippen molar-refractivity contribution in [3.05, 3.63) is 89.0 Å². The van der Waals surface area contributed by atoms with Gasteiger partial charge >= 0.3 is 0 Å². The molecule has 0 amide bonds. The predicted molar refractivity (Wildman–Crippen MR) is 109 cm³/mol. The first-order valence-electron chi connectivity index (χ1n) is 8.57. The number of anilines is 1. The molecule has 0 atom stereocenters. The van der Waals surface area contributed by atoms with Crippen LogP contribution in [0.5, 0.6) is 0 Å². The van der Waals surface area contributed by atoms with Gasteiger partial charge in [0, 0.05) is 5.56 Å². The lowest BCUT2D eigenvalue weighted by Gasteiger charge is -2.15. The maximum Gasteiger partial charge on any atom is 0.236 e. The monoisotopic (exact) mass is 365 g/mol. The van der Waals surface area contributed by atoms with E-state index in [1.54, 1.807) is 6.07 Å². The Balaban J connectivity index is 1.92. The summed E-state index contributed by atoms with van der Waals surface area (Å²) in [5, 5.41) is 0. The van der Waals surface area contributed by atoms with Crippen LogP contribution in [0.1, 0.15) is 22.3 Å². The first kappa shape index (κ1) is 18.2. The summed E-state index contributed by atoms with van der Waals surface area (Å²) < 4.78 is 28.4. The van der Waals surface area contributed by atoms with Crippen molar-refractivity contribution in [3.8, 4) is 11.1 Å². The Kier molecular flexibility index (Phi) is 5.14. The number of hydrogen-bond acceptors (Lipinski definition) is 2. The van der Waals surface area contributed by atoms with Crippen molar-refractivity contribution in [1.29, 1.82) is 0 Å².